The van der Waals surface area contributed by atoms with Gasteiger partial charge in [-0.15, -0.1) is 0 Å². The molecular formula is C63H110O7. The van der Waals surface area contributed by atoms with E-state index in [2.05, 4.69) is 131 Å². The van der Waals surface area contributed by atoms with Crippen LogP contribution in [0.5, 0.6) is 0 Å². The number of aliphatic hydroxyl groups is 1. The second-order valence-corrected chi connectivity index (χ2v) is 15.5. The second kappa shape index (κ2) is 53.4. The SMILES string of the molecule is CC.CC.CC.CC.CC.CC.CCC(O)COC.COC.COCC1CO1.COCC1CO1.c1ccc(C2(c3ccccc3)CCCCC2)cc1.c1ccc(C2(c3ccccc3)CCCCC2)cc1. The summed E-state index contributed by atoms with van der Waals surface area (Å²) >= 11 is 0. The number of hydrogen-bond acceptors (Lipinski definition) is 7. The Morgan fingerprint density at radius 1 is 0.429 bits per heavy atom. The standard InChI is InChI=1S/2C18H20.C5H12O2.2C4H8O2.C2H6O.6C2H6/c2*1-4-10-16(11-5-1)18(14-8-3-9-15-18)17-12-6-2-7-13-17;1-3-5(6)4-7-2;2*1-5-2-4-3-6-4;1-3-2;6*1-2/h2*1-2,4-7,10-13H,3,8-9,14-15H2;5-6H,3-4H2,1-2H3;2*4H,2-3H2,1H3;1-2H3;6*1-2H3. The van der Waals surface area contributed by atoms with Crippen molar-refractivity contribution in [3.63, 3.8) is 0 Å². The molecule has 70 heavy (non-hydrogen) atoms. The summed E-state index contributed by atoms with van der Waals surface area (Å²) in [7, 11) is 8.20. The number of epoxide rings is 2. The number of rotatable bonds is 11. The van der Waals surface area contributed by atoms with E-state index in [1.807, 2.05) is 90.0 Å². The van der Waals surface area contributed by atoms with Crippen LogP contribution in [0.3, 0.4) is 0 Å². The van der Waals surface area contributed by atoms with Crippen LogP contribution in [-0.2, 0) is 39.3 Å². The molecule has 4 aromatic rings. The second-order valence-electron chi connectivity index (χ2n) is 15.5. The minimum absolute atomic E-state index is 0.265. The smallest absolute Gasteiger partial charge is 0.104 e. The number of aliphatic hydroxyl groups excluding tert-OH is 1. The fourth-order valence-electron chi connectivity index (χ4n) is 7.84. The molecule has 7 nitrogen and oxygen atoms in total. The van der Waals surface area contributed by atoms with Crippen molar-refractivity contribution >= 4 is 0 Å². The molecule has 4 fully saturated rings. The zero-order valence-corrected chi connectivity index (χ0v) is 48.5. The average molecular weight is 980 g/mol. The van der Waals surface area contributed by atoms with Gasteiger partial charge in [0.15, 0.2) is 0 Å². The van der Waals surface area contributed by atoms with Gasteiger partial charge >= 0.3 is 0 Å². The average Bonchev–Trinajstić information content (AvgIpc) is 4.43. The zero-order chi connectivity index (χ0) is 53.7. The van der Waals surface area contributed by atoms with Gasteiger partial charge in [0.2, 0.25) is 0 Å². The van der Waals surface area contributed by atoms with Crippen LogP contribution in [0.4, 0.5) is 0 Å². The highest BCUT2D eigenvalue weighted by Gasteiger charge is 2.36. The van der Waals surface area contributed by atoms with E-state index in [0.717, 1.165) is 32.8 Å². The van der Waals surface area contributed by atoms with Crippen LogP contribution in [0.2, 0.25) is 0 Å². The summed E-state index contributed by atoms with van der Waals surface area (Å²) < 4.78 is 28.0. The van der Waals surface area contributed by atoms with E-state index in [0.29, 0.717) is 18.8 Å². The van der Waals surface area contributed by atoms with Gasteiger partial charge in [0, 0.05) is 46.4 Å². The molecule has 2 heterocycles. The highest BCUT2D eigenvalue weighted by atomic mass is 16.6. The Kier molecular flexibility index (Phi) is 55.8. The Labute approximate surface area is 433 Å². The first kappa shape index (κ1) is 73.1. The number of benzene rings is 4. The van der Waals surface area contributed by atoms with Gasteiger partial charge in [-0.25, -0.2) is 0 Å². The fraction of sp³-hybridized carbons (Fsp3) is 0.619. The van der Waals surface area contributed by atoms with Crippen molar-refractivity contribution in [2.45, 2.75) is 190 Å². The van der Waals surface area contributed by atoms with Crippen molar-refractivity contribution in [3.8, 4) is 0 Å². The monoisotopic (exact) mass is 979 g/mol. The molecule has 8 rings (SSSR count). The number of methoxy groups -OCH3 is 4. The van der Waals surface area contributed by atoms with Crippen LogP contribution in [0.25, 0.3) is 0 Å². The molecule has 0 amide bonds. The van der Waals surface area contributed by atoms with E-state index < -0.39 is 0 Å². The molecule has 0 aromatic heterocycles. The lowest BCUT2D eigenvalue weighted by molar-refractivity contribution is 0.0625. The summed E-state index contributed by atoms with van der Waals surface area (Å²) in [6.07, 6.45) is 14.7. The molecule has 2 aliphatic carbocycles. The molecule has 2 aliphatic heterocycles. The molecule has 0 radical (unpaired) electrons. The van der Waals surface area contributed by atoms with Gasteiger partial charge in [0.1, 0.15) is 12.2 Å². The molecule has 0 spiro atoms. The first-order chi connectivity index (χ1) is 34.4. The predicted molar refractivity (Wildman–Crippen MR) is 306 cm³/mol. The summed E-state index contributed by atoms with van der Waals surface area (Å²) in [5, 5.41) is 8.73. The summed E-state index contributed by atoms with van der Waals surface area (Å²) in [6.45, 7) is 29.7. The van der Waals surface area contributed by atoms with Crippen LogP contribution in [-0.4, -0.2) is 92.0 Å². The number of hydrogen-bond donors (Lipinski definition) is 1. The van der Waals surface area contributed by atoms with E-state index in [9.17, 15) is 0 Å². The summed E-state index contributed by atoms with van der Waals surface area (Å²) in [6, 6.07) is 44.3. The predicted octanol–water partition coefficient (Wildman–Crippen LogP) is 16.8. The zero-order valence-electron chi connectivity index (χ0n) is 48.5. The highest BCUT2D eigenvalue weighted by molar-refractivity contribution is 5.41. The van der Waals surface area contributed by atoms with E-state index in [1.165, 1.54) is 86.5 Å². The maximum absolute atomic E-state index is 8.73. The number of ether oxygens (including phenoxy) is 6. The van der Waals surface area contributed by atoms with Gasteiger partial charge in [-0.05, 0) is 54.4 Å². The van der Waals surface area contributed by atoms with Crippen molar-refractivity contribution in [3.05, 3.63) is 144 Å². The minimum atomic E-state index is -0.273. The molecule has 0 bridgehead atoms. The molecule has 3 atom stereocenters. The summed E-state index contributed by atoms with van der Waals surface area (Å²) in [5.41, 5.74) is 6.51. The highest BCUT2D eigenvalue weighted by Crippen LogP contribution is 2.45. The van der Waals surface area contributed by atoms with Gasteiger partial charge in [-0.3, -0.25) is 0 Å². The molecule has 404 valence electrons. The van der Waals surface area contributed by atoms with Crippen LogP contribution in [0.1, 0.15) is 183 Å². The Bertz CT molecular complexity index is 1320. The van der Waals surface area contributed by atoms with Crippen LogP contribution in [0.15, 0.2) is 121 Å². The molecule has 4 aromatic carbocycles. The third kappa shape index (κ3) is 32.5. The van der Waals surface area contributed by atoms with E-state index >= 15 is 0 Å². The topological polar surface area (TPSA) is 82.2 Å². The van der Waals surface area contributed by atoms with E-state index in [4.69, 9.17) is 24.1 Å². The fourth-order valence-corrected chi connectivity index (χ4v) is 7.84. The van der Waals surface area contributed by atoms with Crippen LogP contribution in [0, 0.1) is 0 Å². The third-order valence-electron chi connectivity index (χ3n) is 11.1. The van der Waals surface area contributed by atoms with Crippen molar-refractivity contribution in [2.75, 3.05) is 68.6 Å². The molecule has 7 heteroatoms. The molecule has 2 saturated heterocycles. The normalized spacial score (nSPS) is 16.9. The van der Waals surface area contributed by atoms with Crippen molar-refractivity contribution in [2.24, 2.45) is 0 Å². The lowest BCUT2D eigenvalue weighted by Gasteiger charge is -2.38. The molecule has 2 saturated carbocycles. The Morgan fingerprint density at radius 3 is 0.800 bits per heavy atom. The van der Waals surface area contributed by atoms with Gasteiger partial charge < -0.3 is 33.5 Å². The summed E-state index contributed by atoms with van der Waals surface area (Å²) in [4.78, 5) is 0. The Balaban J connectivity index is -0.000000386. The maximum atomic E-state index is 8.73. The van der Waals surface area contributed by atoms with E-state index in [-0.39, 0.29) is 16.9 Å². The first-order valence-electron chi connectivity index (χ1n) is 27.4. The lowest BCUT2D eigenvalue weighted by Crippen LogP contribution is -2.30. The first-order valence-corrected chi connectivity index (χ1v) is 27.4. The molecule has 4 aliphatic rings. The van der Waals surface area contributed by atoms with Crippen LogP contribution >= 0.6 is 0 Å². The molecule has 3 unspecified atom stereocenters. The lowest BCUT2D eigenvalue weighted by atomic mass is 9.65. The Hall–Kier alpha value is -3.40. The van der Waals surface area contributed by atoms with Crippen molar-refractivity contribution in [1.29, 1.82) is 0 Å². The maximum Gasteiger partial charge on any atom is 0.104 e. The van der Waals surface area contributed by atoms with Gasteiger partial charge in [0.25, 0.3) is 0 Å². The van der Waals surface area contributed by atoms with Gasteiger partial charge in [-0.1, -0.05) is 250 Å². The molecule has 1 N–H and O–H groups in total. The van der Waals surface area contributed by atoms with Crippen molar-refractivity contribution < 1.29 is 33.5 Å². The van der Waals surface area contributed by atoms with Gasteiger partial charge in [0.05, 0.1) is 39.1 Å². The van der Waals surface area contributed by atoms with Gasteiger partial charge in [-0.2, -0.15) is 0 Å². The molecular weight excluding hydrogens is 869 g/mol. The van der Waals surface area contributed by atoms with Crippen LogP contribution < -0.4 is 0 Å². The summed E-state index contributed by atoms with van der Waals surface area (Å²) in [5.74, 6) is 0. The Morgan fingerprint density at radius 2 is 0.657 bits per heavy atom. The quantitative estimate of drug-likeness (QED) is 0.150. The largest absolute Gasteiger partial charge is 0.391 e. The third-order valence-corrected chi connectivity index (χ3v) is 11.1. The van der Waals surface area contributed by atoms with Crippen molar-refractivity contribution in [1.82, 2.24) is 0 Å². The van der Waals surface area contributed by atoms with E-state index in [1.54, 1.807) is 35.5 Å². The minimum Gasteiger partial charge on any atom is -0.391 e.